The maximum atomic E-state index is 10.2. The summed E-state index contributed by atoms with van der Waals surface area (Å²) in [6.07, 6.45) is 1.10. The summed E-state index contributed by atoms with van der Waals surface area (Å²) >= 11 is 0. The van der Waals surface area contributed by atoms with Gasteiger partial charge in [-0.2, -0.15) is 0 Å². The zero-order chi connectivity index (χ0) is 17.5. The van der Waals surface area contributed by atoms with Gasteiger partial charge < -0.3 is 19.7 Å². The van der Waals surface area contributed by atoms with E-state index in [0.29, 0.717) is 13.3 Å². The number of para-hydroxylation sites is 1. The van der Waals surface area contributed by atoms with E-state index in [1.807, 2.05) is 36.4 Å². The number of aliphatic hydroxyl groups is 1. The quantitative estimate of drug-likeness (QED) is 0.769. The van der Waals surface area contributed by atoms with Crippen molar-refractivity contribution in [1.82, 2.24) is 4.90 Å². The zero-order valence-corrected chi connectivity index (χ0v) is 14.3. The van der Waals surface area contributed by atoms with Crippen LogP contribution in [0.3, 0.4) is 0 Å². The number of aliphatic hydroxyl groups excluding tert-OH is 1. The molecule has 0 radical (unpaired) electrons. The first-order chi connectivity index (χ1) is 12.2. The highest BCUT2D eigenvalue weighted by molar-refractivity contribution is 5.35. The smallest absolute Gasteiger partial charge is 0.122 e. The Labute approximate surface area is 148 Å². The molecule has 2 N–H and O–H groups in total. The van der Waals surface area contributed by atoms with Crippen LogP contribution in [0, 0.1) is 0 Å². The van der Waals surface area contributed by atoms with E-state index >= 15 is 0 Å². The number of aromatic hydroxyl groups is 1. The van der Waals surface area contributed by atoms with E-state index in [1.165, 1.54) is 0 Å². The molecule has 0 amide bonds. The van der Waals surface area contributed by atoms with Crippen molar-refractivity contribution in [3.8, 4) is 11.5 Å². The van der Waals surface area contributed by atoms with Crippen molar-refractivity contribution in [2.75, 3.05) is 33.0 Å². The van der Waals surface area contributed by atoms with Crippen LogP contribution in [0.15, 0.2) is 48.5 Å². The molecule has 1 saturated heterocycles. The Kier molecular flexibility index (Phi) is 6.28. The van der Waals surface area contributed by atoms with Crippen molar-refractivity contribution in [2.45, 2.75) is 18.9 Å². The number of nitrogens with zero attached hydrogens (tertiary/aromatic N) is 1. The first-order valence-electron chi connectivity index (χ1n) is 8.67. The highest BCUT2D eigenvalue weighted by Gasteiger charge is 2.17. The van der Waals surface area contributed by atoms with Gasteiger partial charge >= 0.3 is 0 Å². The number of phenols is 1. The molecule has 25 heavy (non-hydrogen) atoms. The average Bonchev–Trinajstić information content (AvgIpc) is 3.12. The molecule has 1 fully saturated rings. The lowest BCUT2D eigenvalue weighted by Crippen LogP contribution is -2.34. The van der Waals surface area contributed by atoms with Gasteiger partial charge in [0, 0.05) is 13.1 Å². The summed E-state index contributed by atoms with van der Waals surface area (Å²) in [5, 5.41) is 19.7. The number of phenolic OH excluding ortho intramolecular Hbond substituents is 1. The van der Waals surface area contributed by atoms with Crippen LogP contribution in [0.25, 0.3) is 0 Å². The maximum Gasteiger partial charge on any atom is 0.122 e. The molecule has 3 rings (SSSR count). The van der Waals surface area contributed by atoms with Gasteiger partial charge in [-0.25, -0.2) is 0 Å². The molecular weight excluding hydrogens is 318 g/mol. The predicted octanol–water partition coefficient (Wildman–Crippen LogP) is 2.21. The molecule has 0 saturated carbocycles. The Morgan fingerprint density at radius 3 is 2.80 bits per heavy atom. The van der Waals surface area contributed by atoms with Crippen LogP contribution in [0.2, 0.25) is 0 Å². The minimum atomic E-state index is -0.541. The average molecular weight is 343 g/mol. The van der Waals surface area contributed by atoms with Crippen LogP contribution >= 0.6 is 0 Å². The summed E-state index contributed by atoms with van der Waals surface area (Å²) in [6, 6.07) is 15.2. The van der Waals surface area contributed by atoms with Crippen molar-refractivity contribution in [1.29, 1.82) is 0 Å². The van der Waals surface area contributed by atoms with Crippen LogP contribution in [0.4, 0.5) is 0 Å². The van der Waals surface area contributed by atoms with E-state index in [9.17, 15) is 10.2 Å². The third-order valence-corrected chi connectivity index (χ3v) is 4.29. The molecule has 5 heteroatoms. The molecule has 134 valence electrons. The van der Waals surface area contributed by atoms with Gasteiger partial charge in [-0.1, -0.05) is 30.3 Å². The Bertz CT molecular complexity index is 670. The van der Waals surface area contributed by atoms with Gasteiger partial charge in [-0.05, 0) is 42.2 Å². The standard InChI is InChI=1S/C20H25NO4/c22-18-6-3-4-16(12-18)8-9-17-5-1-2-7-20(17)25-14-19(23)13-21-10-11-24-15-21/h1-7,12,19,22-23H,8-11,13-15H2/t19-/m0/s1. The largest absolute Gasteiger partial charge is 0.508 e. The lowest BCUT2D eigenvalue weighted by molar-refractivity contribution is 0.0565. The van der Waals surface area contributed by atoms with Gasteiger partial charge in [0.25, 0.3) is 0 Å². The van der Waals surface area contributed by atoms with E-state index in [2.05, 4.69) is 4.90 Å². The van der Waals surface area contributed by atoms with Gasteiger partial charge in [0.05, 0.1) is 13.3 Å². The number of ether oxygens (including phenoxy) is 2. The fourth-order valence-corrected chi connectivity index (χ4v) is 2.97. The van der Waals surface area contributed by atoms with Crippen LogP contribution in [0.5, 0.6) is 11.5 Å². The SMILES string of the molecule is Oc1cccc(CCc2ccccc2OC[C@@H](O)CN2CCOC2)c1. The molecule has 0 aliphatic carbocycles. The number of hydrogen-bond acceptors (Lipinski definition) is 5. The van der Waals surface area contributed by atoms with E-state index in [-0.39, 0.29) is 12.4 Å². The topological polar surface area (TPSA) is 62.2 Å². The Morgan fingerprint density at radius 1 is 1.12 bits per heavy atom. The molecule has 2 aromatic carbocycles. The van der Waals surface area contributed by atoms with E-state index < -0.39 is 6.10 Å². The Hall–Kier alpha value is -2.08. The Balaban J connectivity index is 1.53. The molecular formula is C20H25NO4. The summed E-state index contributed by atoms with van der Waals surface area (Å²) < 4.78 is 11.1. The number of hydrogen-bond donors (Lipinski definition) is 2. The highest BCUT2D eigenvalue weighted by Crippen LogP contribution is 2.21. The van der Waals surface area contributed by atoms with Crippen molar-refractivity contribution in [3.63, 3.8) is 0 Å². The highest BCUT2D eigenvalue weighted by atomic mass is 16.5. The molecule has 2 aromatic rings. The molecule has 0 unspecified atom stereocenters. The summed E-state index contributed by atoms with van der Waals surface area (Å²) in [4.78, 5) is 2.07. The molecule has 0 bridgehead atoms. The third kappa shape index (κ3) is 5.46. The monoisotopic (exact) mass is 343 g/mol. The van der Waals surface area contributed by atoms with Gasteiger partial charge in [0.1, 0.15) is 24.2 Å². The normalized spacial score (nSPS) is 16.0. The number of rotatable bonds is 8. The summed E-state index contributed by atoms with van der Waals surface area (Å²) in [5.41, 5.74) is 2.19. The summed E-state index contributed by atoms with van der Waals surface area (Å²) in [5.74, 6) is 1.09. The second kappa shape index (κ2) is 8.85. The molecule has 1 heterocycles. The molecule has 0 aromatic heterocycles. The molecule has 1 atom stereocenters. The van der Waals surface area contributed by atoms with E-state index in [1.54, 1.807) is 12.1 Å². The lowest BCUT2D eigenvalue weighted by Gasteiger charge is -2.19. The maximum absolute atomic E-state index is 10.2. The van der Waals surface area contributed by atoms with Crippen LogP contribution in [-0.2, 0) is 17.6 Å². The lowest BCUT2D eigenvalue weighted by atomic mass is 10.0. The van der Waals surface area contributed by atoms with Gasteiger partial charge in [-0.15, -0.1) is 0 Å². The third-order valence-electron chi connectivity index (χ3n) is 4.29. The first-order valence-corrected chi connectivity index (χ1v) is 8.67. The minimum Gasteiger partial charge on any atom is -0.508 e. The molecule has 0 spiro atoms. The molecule has 1 aliphatic rings. The van der Waals surface area contributed by atoms with Gasteiger partial charge in [0.2, 0.25) is 0 Å². The van der Waals surface area contributed by atoms with Gasteiger partial charge in [0.15, 0.2) is 0 Å². The predicted molar refractivity (Wildman–Crippen MR) is 95.9 cm³/mol. The minimum absolute atomic E-state index is 0.264. The van der Waals surface area contributed by atoms with Crippen LogP contribution in [0.1, 0.15) is 11.1 Å². The molecule has 1 aliphatic heterocycles. The summed E-state index contributed by atoms with van der Waals surface area (Å²) in [7, 11) is 0. The van der Waals surface area contributed by atoms with Crippen molar-refractivity contribution < 1.29 is 19.7 Å². The van der Waals surface area contributed by atoms with E-state index in [4.69, 9.17) is 9.47 Å². The zero-order valence-electron chi connectivity index (χ0n) is 14.3. The summed E-state index contributed by atoms with van der Waals surface area (Å²) in [6.45, 7) is 2.99. The van der Waals surface area contributed by atoms with Crippen molar-refractivity contribution in [2.24, 2.45) is 0 Å². The van der Waals surface area contributed by atoms with Crippen LogP contribution < -0.4 is 4.74 Å². The molecule has 5 nitrogen and oxygen atoms in total. The van der Waals surface area contributed by atoms with Crippen LogP contribution in [-0.4, -0.2) is 54.3 Å². The van der Waals surface area contributed by atoms with E-state index in [0.717, 1.165) is 42.9 Å². The fourth-order valence-electron chi connectivity index (χ4n) is 2.97. The van der Waals surface area contributed by atoms with Crippen molar-refractivity contribution in [3.05, 3.63) is 59.7 Å². The Morgan fingerprint density at radius 2 is 2.00 bits per heavy atom. The first kappa shape index (κ1) is 17.7. The fraction of sp³-hybridized carbons (Fsp3) is 0.400. The van der Waals surface area contributed by atoms with Crippen molar-refractivity contribution >= 4 is 0 Å². The number of β-amino-alcohol motifs (C(OH)–C–C–N with tert-alkyl or cyclic N) is 1. The van der Waals surface area contributed by atoms with Gasteiger partial charge in [-0.3, -0.25) is 4.90 Å². The second-order valence-electron chi connectivity index (χ2n) is 6.36. The second-order valence-corrected chi connectivity index (χ2v) is 6.36. The number of benzene rings is 2. The number of aryl methyl sites for hydroxylation is 2.